The number of hydrogen-bond donors (Lipinski definition) is 0. The van der Waals surface area contributed by atoms with Gasteiger partial charge in [-0.05, 0) is 19.4 Å². The molecular weight excluding hydrogens is 403 g/mol. The average Bonchev–Trinajstić information content (AvgIpc) is 3.36. The Labute approximate surface area is 169 Å². The summed E-state index contributed by atoms with van der Waals surface area (Å²) in [5.74, 6) is 0.752. The Bertz CT molecular complexity index is 1010. The lowest BCUT2D eigenvalue weighted by atomic mass is 9.78. The second kappa shape index (κ2) is 6.66. The maximum Gasteiger partial charge on any atom is 0.393 e. The minimum Gasteiger partial charge on any atom is -0.364 e. The van der Waals surface area contributed by atoms with Crippen molar-refractivity contribution >= 4 is 27.4 Å². The monoisotopic (exact) mass is 423 g/mol. The minimum absolute atomic E-state index is 0.202. The van der Waals surface area contributed by atoms with E-state index in [0.29, 0.717) is 4.83 Å². The molecule has 0 radical (unpaired) electrons. The van der Waals surface area contributed by atoms with Crippen LogP contribution in [-0.2, 0) is 6.42 Å². The number of hydrogen-bond acceptors (Lipinski definition) is 7. The number of anilines is 1. The molecule has 2 fully saturated rings. The van der Waals surface area contributed by atoms with E-state index >= 15 is 0 Å². The number of thiophene rings is 1. The lowest BCUT2D eigenvalue weighted by Gasteiger charge is -2.50. The fourth-order valence-electron chi connectivity index (χ4n) is 4.52. The lowest BCUT2D eigenvalue weighted by Crippen LogP contribution is -2.58. The predicted molar refractivity (Wildman–Crippen MR) is 103 cm³/mol. The highest BCUT2D eigenvalue weighted by Crippen LogP contribution is 2.45. The van der Waals surface area contributed by atoms with Crippen molar-refractivity contribution in [2.24, 2.45) is 5.41 Å². The second-order valence-electron chi connectivity index (χ2n) is 8.13. The molecule has 29 heavy (non-hydrogen) atoms. The van der Waals surface area contributed by atoms with Crippen molar-refractivity contribution in [1.29, 1.82) is 0 Å². The second-order valence-corrected chi connectivity index (χ2v) is 9.25. The van der Waals surface area contributed by atoms with Gasteiger partial charge in [-0.2, -0.15) is 13.2 Å². The molecule has 0 N–H and O–H groups in total. The van der Waals surface area contributed by atoms with Crippen LogP contribution in [0.15, 0.2) is 29.4 Å². The minimum atomic E-state index is -4.22. The molecule has 1 unspecified atom stereocenters. The molecule has 2 aliphatic heterocycles. The highest BCUT2D eigenvalue weighted by atomic mass is 32.1. The normalized spacial score (nSPS) is 20.5. The van der Waals surface area contributed by atoms with Gasteiger partial charge in [-0.3, -0.25) is 4.90 Å². The molecule has 2 saturated heterocycles. The van der Waals surface area contributed by atoms with E-state index in [1.54, 1.807) is 18.5 Å². The number of nitrogens with zero attached hydrogens (tertiary/aromatic N) is 5. The smallest absolute Gasteiger partial charge is 0.364 e. The third kappa shape index (κ3) is 3.48. The van der Waals surface area contributed by atoms with Crippen LogP contribution in [0.2, 0.25) is 0 Å². The summed E-state index contributed by atoms with van der Waals surface area (Å²) in [5, 5.41) is 4.51. The third-order valence-corrected chi connectivity index (χ3v) is 7.07. The third-order valence-electron chi connectivity index (χ3n) is 6.03. The Morgan fingerprint density at radius 2 is 2.10 bits per heavy atom. The Morgan fingerprint density at radius 3 is 2.83 bits per heavy atom. The molecule has 5 rings (SSSR count). The van der Waals surface area contributed by atoms with Crippen molar-refractivity contribution in [2.45, 2.75) is 32.0 Å². The zero-order chi connectivity index (χ0) is 20.2. The number of rotatable bonds is 4. The van der Waals surface area contributed by atoms with E-state index in [2.05, 4.69) is 31.8 Å². The van der Waals surface area contributed by atoms with Gasteiger partial charge in [0.2, 0.25) is 0 Å². The molecule has 0 saturated carbocycles. The molecule has 0 aliphatic carbocycles. The molecule has 0 aromatic carbocycles. The summed E-state index contributed by atoms with van der Waals surface area (Å²) < 4.78 is 43.3. The first-order chi connectivity index (χ1) is 13.8. The quantitative estimate of drug-likeness (QED) is 0.631. The van der Waals surface area contributed by atoms with E-state index in [1.165, 1.54) is 6.33 Å². The summed E-state index contributed by atoms with van der Waals surface area (Å²) in [6.45, 7) is 5.82. The van der Waals surface area contributed by atoms with Gasteiger partial charge in [-0.25, -0.2) is 9.97 Å². The number of fused-ring (bicyclic) bond motifs is 1. The van der Waals surface area contributed by atoms with E-state index in [9.17, 15) is 13.2 Å². The highest BCUT2D eigenvalue weighted by molar-refractivity contribution is 7.18. The average molecular weight is 423 g/mol. The number of alkyl halides is 3. The molecule has 3 aromatic heterocycles. The van der Waals surface area contributed by atoms with Crippen molar-refractivity contribution in [1.82, 2.24) is 20.0 Å². The molecule has 3 aromatic rings. The number of aromatic nitrogens is 3. The van der Waals surface area contributed by atoms with Crippen LogP contribution in [0.4, 0.5) is 19.0 Å². The molecular formula is C19H20F3N5OS. The van der Waals surface area contributed by atoms with Crippen LogP contribution in [0.3, 0.4) is 0 Å². The SMILES string of the molecule is CC(c1cnoc1)N1CC2(CCN(c3ncnc4sc(CC(F)(F)F)cc34)C2)C1. The van der Waals surface area contributed by atoms with Crippen LogP contribution < -0.4 is 4.90 Å². The van der Waals surface area contributed by atoms with Crippen LogP contribution in [0.5, 0.6) is 0 Å². The summed E-state index contributed by atoms with van der Waals surface area (Å²) in [6, 6.07) is 1.86. The molecule has 0 bridgehead atoms. The van der Waals surface area contributed by atoms with Gasteiger partial charge >= 0.3 is 6.18 Å². The molecule has 5 heterocycles. The zero-order valence-electron chi connectivity index (χ0n) is 15.8. The first kappa shape index (κ1) is 18.8. The van der Waals surface area contributed by atoms with Gasteiger partial charge < -0.3 is 9.42 Å². The maximum absolute atomic E-state index is 12.8. The molecule has 10 heteroatoms. The number of halogens is 3. The van der Waals surface area contributed by atoms with Gasteiger partial charge in [0.15, 0.2) is 0 Å². The van der Waals surface area contributed by atoms with E-state index in [-0.39, 0.29) is 16.3 Å². The van der Waals surface area contributed by atoms with E-state index in [1.807, 2.05) is 0 Å². The maximum atomic E-state index is 12.8. The van der Waals surface area contributed by atoms with Gasteiger partial charge in [-0.15, -0.1) is 11.3 Å². The largest absolute Gasteiger partial charge is 0.393 e. The van der Waals surface area contributed by atoms with Crippen molar-refractivity contribution in [2.75, 3.05) is 31.1 Å². The van der Waals surface area contributed by atoms with E-state index in [4.69, 9.17) is 4.52 Å². The summed E-state index contributed by atoms with van der Waals surface area (Å²) in [6.07, 6.45) is 0.797. The van der Waals surface area contributed by atoms with Crippen LogP contribution in [0.25, 0.3) is 10.2 Å². The van der Waals surface area contributed by atoms with Gasteiger partial charge in [0, 0.05) is 48.1 Å². The Morgan fingerprint density at radius 1 is 1.28 bits per heavy atom. The highest BCUT2D eigenvalue weighted by Gasteiger charge is 2.49. The van der Waals surface area contributed by atoms with Crippen LogP contribution in [-0.4, -0.2) is 52.4 Å². The topological polar surface area (TPSA) is 58.3 Å². The molecule has 6 nitrogen and oxygen atoms in total. The molecule has 1 spiro atoms. The first-order valence-electron chi connectivity index (χ1n) is 9.50. The number of likely N-dealkylation sites (tertiary alicyclic amines) is 1. The van der Waals surface area contributed by atoms with Crippen LogP contribution in [0.1, 0.15) is 29.8 Å². The Kier molecular flexibility index (Phi) is 4.32. The summed E-state index contributed by atoms with van der Waals surface area (Å²) in [5.41, 5.74) is 1.27. The molecule has 2 aliphatic rings. The lowest BCUT2D eigenvalue weighted by molar-refractivity contribution is -0.126. The van der Waals surface area contributed by atoms with Crippen molar-refractivity contribution in [3.8, 4) is 0 Å². The fourth-order valence-corrected chi connectivity index (χ4v) is 5.54. The van der Waals surface area contributed by atoms with Gasteiger partial charge in [0.1, 0.15) is 23.2 Å². The van der Waals surface area contributed by atoms with Crippen molar-refractivity contribution in [3.05, 3.63) is 35.3 Å². The standard InChI is InChI=1S/C19H20F3N5OS/c1-12(13-6-25-28-7-13)27-9-18(10-27)2-3-26(8-18)16-15-4-14(5-19(20,21)22)29-17(15)24-11-23-16/h4,6-7,11-12H,2-3,5,8-10H2,1H3. The van der Waals surface area contributed by atoms with Gasteiger partial charge in [0.05, 0.1) is 18.0 Å². The zero-order valence-corrected chi connectivity index (χ0v) is 16.6. The molecule has 0 amide bonds. The van der Waals surface area contributed by atoms with Gasteiger partial charge in [-0.1, -0.05) is 5.16 Å². The first-order valence-corrected chi connectivity index (χ1v) is 10.3. The Hall–Kier alpha value is -2.20. The summed E-state index contributed by atoms with van der Waals surface area (Å²) in [4.78, 5) is 14.1. The predicted octanol–water partition coefficient (Wildman–Crippen LogP) is 4.06. The van der Waals surface area contributed by atoms with Crippen LogP contribution in [0, 0.1) is 5.41 Å². The van der Waals surface area contributed by atoms with Crippen LogP contribution >= 0.6 is 11.3 Å². The fraction of sp³-hybridized carbons (Fsp3) is 0.526. The molecule has 154 valence electrons. The van der Waals surface area contributed by atoms with E-state index in [0.717, 1.165) is 60.7 Å². The van der Waals surface area contributed by atoms with Crippen molar-refractivity contribution < 1.29 is 17.7 Å². The summed E-state index contributed by atoms with van der Waals surface area (Å²) in [7, 11) is 0. The van der Waals surface area contributed by atoms with E-state index < -0.39 is 12.6 Å². The Balaban J connectivity index is 1.31. The van der Waals surface area contributed by atoms with Gasteiger partial charge in [0.25, 0.3) is 0 Å². The van der Waals surface area contributed by atoms with Crippen molar-refractivity contribution in [3.63, 3.8) is 0 Å². The summed E-state index contributed by atoms with van der Waals surface area (Å²) >= 11 is 1.10. The molecule has 1 atom stereocenters.